The Morgan fingerprint density at radius 3 is 2.29 bits per heavy atom. The van der Waals surface area contributed by atoms with E-state index in [4.69, 9.17) is 0 Å². The smallest absolute Gasteiger partial charge is 0.211 e. The molecule has 0 unspecified atom stereocenters. The van der Waals surface area contributed by atoms with Gasteiger partial charge in [0.25, 0.3) is 0 Å². The fourth-order valence-electron chi connectivity index (χ4n) is 4.02. The maximum Gasteiger partial charge on any atom is 0.211 e. The van der Waals surface area contributed by atoms with Crippen LogP contribution in [0, 0.1) is 0 Å². The first-order chi connectivity index (χ1) is 13.3. The van der Waals surface area contributed by atoms with Crippen LogP contribution < -0.4 is 4.90 Å². The maximum atomic E-state index is 12.6. The van der Waals surface area contributed by atoms with Crippen LogP contribution in [0.2, 0.25) is 0 Å². The number of likely N-dealkylation sites (N-methyl/N-ethyl adjacent to an activating group) is 1. The Morgan fingerprint density at radius 2 is 1.57 bits per heavy atom. The summed E-state index contributed by atoms with van der Waals surface area (Å²) in [6.45, 7) is 4.32. The molecular formula is C23H21NO3S. The number of para-hydroxylation sites is 1. The van der Waals surface area contributed by atoms with Crippen molar-refractivity contribution in [3.63, 3.8) is 0 Å². The first kappa shape index (κ1) is 18.4. The van der Waals surface area contributed by atoms with Gasteiger partial charge in [-0.05, 0) is 35.9 Å². The average molecular weight is 391 g/mol. The summed E-state index contributed by atoms with van der Waals surface area (Å²) in [4.78, 5) is 14.5. The Bertz CT molecular complexity index is 1180. The molecule has 5 heteroatoms. The summed E-state index contributed by atoms with van der Waals surface area (Å²) in [5.41, 5.74) is 3.60. The van der Waals surface area contributed by atoms with E-state index >= 15 is 0 Å². The molecule has 0 amide bonds. The second kappa shape index (κ2) is 6.31. The number of Topliss-reactive ketones (excluding diaryl/α,β-unsaturated/α-hetero) is 1. The number of ketones is 1. The molecule has 2 heterocycles. The van der Waals surface area contributed by atoms with Crippen molar-refractivity contribution in [1.82, 2.24) is 0 Å². The highest BCUT2D eigenvalue weighted by Crippen LogP contribution is 2.46. The molecule has 2 aromatic rings. The number of sulfone groups is 1. The zero-order chi connectivity index (χ0) is 20.1. The Hall–Kier alpha value is -2.92. The van der Waals surface area contributed by atoms with E-state index in [9.17, 15) is 13.2 Å². The third-order valence-electron chi connectivity index (χ3n) is 5.49. The number of rotatable bonds is 2. The molecule has 2 aliphatic heterocycles. The third kappa shape index (κ3) is 2.58. The number of carbonyl (C=O) groups is 1. The SMILES string of the molecule is CN1\C(=C/C=C/C=C2/C(=O)c3ccccc3S2(=O)=O)C(C)(C)c2ccccc21. The summed E-state index contributed by atoms with van der Waals surface area (Å²) in [7, 11) is -1.72. The highest BCUT2D eigenvalue weighted by molar-refractivity contribution is 7.97. The molecule has 4 nitrogen and oxygen atoms in total. The first-order valence-electron chi connectivity index (χ1n) is 9.07. The van der Waals surface area contributed by atoms with E-state index in [1.54, 1.807) is 30.4 Å². The topological polar surface area (TPSA) is 54.5 Å². The molecule has 0 aliphatic carbocycles. The Kier molecular flexibility index (Phi) is 4.16. The average Bonchev–Trinajstić information content (AvgIpc) is 2.99. The molecule has 0 fully saturated rings. The van der Waals surface area contributed by atoms with Gasteiger partial charge in [-0.2, -0.15) is 0 Å². The van der Waals surface area contributed by atoms with Crippen molar-refractivity contribution in [2.45, 2.75) is 24.2 Å². The number of fused-ring (bicyclic) bond motifs is 2. The number of carbonyl (C=O) groups excluding carboxylic acids is 1. The van der Waals surface area contributed by atoms with Gasteiger partial charge in [0.1, 0.15) is 4.91 Å². The number of nitrogens with zero attached hydrogens (tertiary/aromatic N) is 1. The van der Waals surface area contributed by atoms with Crippen molar-refractivity contribution in [1.29, 1.82) is 0 Å². The molecule has 28 heavy (non-hydrogen) atoms. The second-order valence-electron chi connectivity index (χ2n) is 7.50. The van der Waals surface area contributed by atoms with E-state index in [1.165, 1.54) is 17.7 Å². The molecule has 0 aromatic heterocycles. The molecule has 2 aromatic carbocycles. The molecule has 142 valence electrons. The molecule has 0 bridgehead atoms. The monoisotopic (exact) mass is 391 g/mol. The minimum absolute atomic E-state index is 0.0881. The van der Waals surface area contributed by atoms with Crippen molar-refractivity contribution in [3.05, 3.63) is 94.6 Å². The second-order valence-corrected chi connectivity index (χ2v) is 9.38. The third-order valence-corrected chi connectivity index (χ3v) is 7.32. The Balaban J connectivity index is 1.66. The highest BCUT2D eigenvalue weighted by atomic mass is 32.2. The largest absolute Gasteiger partial charge is 0.347 e. The van der Waals surface area contributed by atoms with Gasteiger partial charge in [0.15, 0.2) is 0 Å². The van der Waals surface area contributed by atoms with Gasteiger partial charge in [-0.3, -0.25) is 4.79 Å². The van der Waals surface area contributed by atoms with Crippen LogP contribution in [-0.2, 0) is 15.3 Å². The zero-order valence-corrected chi connectivity index (χ0v) is 16.8. The van der Waals surface area contributed by atoms with E-state index in [1.807, 2.05) is 25.3 Å². The lowest BCUT2D eigenvalue weighted by atomic mass is 9.84. The van der Waals surface area contributed by atoms with Gasteiger partial charge in [-0.25, -0.2) is 8.42 Å². The van der Waals surface area contributed by atoms with Gasteiger partial charge in [-0.15, -0.1) is 0 Å². The van der Waals surface area contributed by atoms with Crippen LogP contribution in [0.5, 0.6) is 0 Å². The minimum atomic E-state index is -3.74. The van der Waals surface area contributed by atoms with Crippen LogP contribution in [0.25, 0.3) is 0 Å². The van der Waals surface area contributed by atoms with E-state index in [2.05, 4.69) is 30.9 Å². The summed E-state index contributed by atoms with van der Waals surface area (Å²) in [6, 6.07) is 14.6. The summed E-state index contributed by atoms with van der Waals surface area (Å²) < 4.78 is 25.2. The van der Waals surface area contributed by atoms with Crippen LogP contribution in [-0.4, -0.2) is 21.2 Å². The number of allylic oxidation sites excluding steroid dienone is 6. The quantitative estimate of drug-likeness (QED) is 0.712. The number of hydrogen-bond acceptors (Lipinski definition) is 4. The fourth-order valence-corrected chi connectivity index (χ4v) is 5.58. The predicted octanol–water partition coefficient (Wildman–Crippen LogP) is 4.41. The van der Waals surface area contributed by atoms with Gasteiger partial charge < -0.3 is 4.90 Å². The Labute approximate surface area is 165 Å². The lowest BCUT2D eigenvalue weighted by molar-refractivity contribution is 0.104. The number of anilines is 1. The molecule has 0 saturated carbocycles. The first-order valence-corrected chi connectivity index (χ1v) is 10.6. The van der Waals surface area contributed by atoms with Crippen molar-refractivity contribution in [2.75, 3.05) is 11.9 Å². The molecule has 0 spiro atoms. The molecular weight excluding hydrogens is 370 g/mol. The van der Waals surface area contributed by atoms with Crippen LogP contribution >= 0.6 is 0 Å². The summed E-state index contributed by atoms with van der Waals surface area (Å²) in [6.07, 6.45) is 6.77. The van der Waals surface area contributed by atoms with Crippen LogP contribution in [0.4, 0.5) is 5.69 Å². The van der Waals surface area contributed by atoms with Crippen molar-refractivity contribution in [2.24, 2.45) is 0 Å². The molecule has 4 rings (SSSR count). The highest BCUT2D eigenvalue weighted by Gasteiger charge is 2.39. The Morgan fingerprint density at radius 1 is 0.929 bits per heavy atom. The van der Waals surface area contributed by atoms with Crippen molar-refractivity contribution >= 4 is 21.3 Å². The van der Waals surface area contributed by atoms with Gasteiger partial charge >= 0.3 is 0 Å². The standard InChI is InChI=1S/C23H21NO3S/c1-23(2)17-11-5-6-12-18(17)24(3)21(23)15-9-8-14-20-22(25)16-10-4-7-13-19(16)28(20,26)27/h4-15H,1-3H3/b9-8+,20-14-,21-15-. The van der Waals surface area contributed by atoms with Crippen LogP contribution in [0.15, 0.2) is 88.3 Å². The van der Waals surface area contributed by atoms with Crippen LogP contribution in [0.3, 0.4) is 0 Å². The van der Waals surface area contributed by atoms with Crippen molar-refractivity contribution in [3.8, 4) is 0 Å². The van der Waals surface area contributed by atoms with E-state index < -0.39 is 15.6 Å². The zero-order valence-electron chi connectivity index (χ0n) is 16.0. The summed E-state index contributed by atoms with van der Waals surface area (Å²) in [5, 5.41) is 0. The summed E-state index contributed by atoms with van der Waals surface area (Å²) >= 11 is 0. The minimum Gasteiger partial charge on any atom is -0.347 e. The van der Waals surface area contributed by atoms with Gasteiger partial charge in [0.05, 0.1) is 4.90 Å². The van der Waals surface area contributed by atoms with E-state index in [0.29, 0.717) is 0 Å². The van der Waals surface area contributed by atoms with Crippen molar-refractivity contribution < 1.29 is 13.2 Å². The normalized spacial score (nSPS) is 22.2. The number of hydrogen-bond donors (Lipinski definition) is 0. The maximum absolute atomic E-state index is 12.6. The molecule has 0 saturated heterocycles. The lowest BCUT2D eigenvalue weighted by Crippen LogP contribution is -2.22. The van der Waals surface area contributed by atoms with Crippen LogP contribution in [0.1, 0.15) is 29.8 Å². The predicted molar refractivity (Wildman–Crippen MR) is 111 cm³/mol. The number of benzene rings is 2. The van der Waals surface area contributed by atoms with E-state index in [0.717, 1.165) is 11.4 Å². The summed E-state index contributed by atoms with van der Waals surface area (Å²) in [5.74, 6) is -0.446. The molecule has 0 N–H and O–H groups in total. The fraction of sp³-hybridized carbons (Fsp3) is 0.174. The van der Waals surface area contributed by atoms with Gasteiger partial charge in [0.2, 0.25) is 15.6 Å². The van der Waals surface area contributed by atoms with E-state index in [-0.39, 0.29) is 20.8 Å². The molecule has 0 radical (unpaired) electrons. The molecule has 0 atom stereocenters. The van der Waals surface area contributed by atoms with Gasteiger partial charge in [-0.1, -0.05) is 56.3 Å². The van der Waals surface area contributed by atoms with Gasteiger partial charge in [0, 0.05) is 29.4 Å². The lowest BCUT2D eigenvalue weighted by Gasteiger charge is -2.23. The molecule has 2 aliphatic rings.